The first-order valence-corrected chi connectivity index (χ1v) is 4.58. The van der Waals surface area contributed by atoms with Gasteiger partial charge in [-0.15, -0.1) is 0 Å². The second kappa shape index (κ2) is 5.22. The number of para-hydroxylation sites is 1. The summed E-state index contributed by atoms with van der Waals surface area (Å²) < 4.78 is 5.35. The Labute approximate surface area is 84.2 Å². The number of carbonyl (C=O) groups excluding carboxylic acids is 1. The average Bonchev–Trinajstić information content (AvgIpc) is 2.17. The largest absolute Gasteiger partial charge is 0.485 e. The van der Waals surface area contributed by atoms with Gasteiger partial charge in [0, 0.05) is 5.56 Å². The maximum atomic E-state index is 10.7. The maximum absolute atomic E-state index is 10.7. The molecule has 0 aliphatic carbocycles. The van der Waals surface area contributed by atoms with E-state index in [1.54, 1.807) is 0 Å². The quantitative estimate of drug-likeness (QED) is 0.729. The standard InChI is InChI=1S/C12H14O2/c1-3-6-11-7-4-5-8-12(11)14-9-10(2)13/h3-8H,9H2,1-2H3/b6-3-. The van der Waals surface area contributed by atoms with Gasteiger partial charge in [-0.25, -0.2) is 0 Å². The third-order valence-electron chi connectivity index (χ3n) is 1.70. The Morgan fingerprint density at radius 3 is 2.79 bits per heavy atom. The van der Waals surface area contributed by atoms with Crippen LogP contribution in [0.25, 0.3) is 6.08 Å². The van der Waals surface area contributed by atoms with E-state index in [1.165, 1.54) is 6.92 Å². The van der Waals surface area contributed by atoms with Crippen molar-refractivity contribution in [3.63, 3.8) is 0 Å². The van der Waals surface area contributed by atoms with Crippen molar-refractivity contribution in [1.29, 1.82) is 0 Å². The number of hydrogen-bond donors (Lipinski definition) is 0. The molecular formula is C12H14O2. The number of benzene rings is 1. The Morgan fingerprint density at radius 1 is 1.43 bits per heavy atom. The highest BCUT2D eigenvalue weighted by molar-refractivity contribution is 5.77. The summed E-state index contributed by atoms with van der Waals surface area (Å²) in [4.78, 5) is 10.7. The number of rotatable bonds is 4. The topological polar surface area (TPSA) is 26.3 Å². The zero-order chi connectivity index (χ0) is 10.4. The molecule has 0 unspecified atom stereocenters. The van der Waals surface area contributed by atoms with Gasteiger partial charge in [-0.05, 0) is 19.9 Å². The molecular weight excluding hydrogens is 176 g/mol. The molecule has 0 N–H and O–H groups in total. The van der Waals surface area contributed by atoms with E-state index in [0.717, 1.165) is 11.3 Å². The summed E-state index contributed by atoms with van der Waals surface area (Å²) in [6.45, 7) is 3.59. The first-order chi connectivity index (χ1) is 6.74. The summed E-state index contributed by atoms with van der Waals surface area (Å²) in [6.07, 6.45) is 3.89. The van der Waals surface area contributed by atoms with Crippen molar-refractivity contribution in [2.24, 2.45) is 0 Å². The van der Waals surface area contributed by atoms with Crippen LogP contribution < -0.4 is 4.74 Å². The second-order valence-corrected chi connectivity index (χ2v) is 3.03. The molecule has 2 nitrogen and oxygen atoms in total. The summed E-state index contributed by atoms with van der Waals surface area (Å²) in [5.74, 6) is 0.779. The molecule has 0 atom stereocenters. The second-order valence-electron chi connectivity index (χ2n) is 3.03. The Kier molecular flexibility index (Phi) is 3.92. The zero-order valence-corrected chi connectivity index (χ0v) is 8.49. The number of allylic oxidation sites excluding steroid dienone is 1. The van der Waals surface area contributed by atoms with Gasteiger partial charge in [0.1, 0.15) is 12.4 Å². The van der Waals surface area contributed by atoms with Crippen LogP contribution in [-0.4, -0.2) is 12.4 Å². The van der Waals surface area contributed by atoms with Crippen LogP contribution in [0.5, 0.6) is 5.75 Å². The number of hydrogen-bond acceptors (Lipinski definition) is 2. The summed E-state index contributed by atoms with van der Waals surface area (Å²) in [6, 6.07) is 7.65. The third-order valence-corrected chi connectivity index (χ3v) is 1.70. The van der Waals surface area contributed by atoms with E-state index in [2.05, 4.69) is 0 Å². The molecule has 0 radical (unpaired) electrons. The van der Waals surface area contributed by atoms with Gasteiger partial charge < -0.3 is 4.74 Å². The fourth-order valence-electron chi connectivity index (χ4n) is 1.11. The lowest BCUT2D eigenvalue weighted by Gasteiger charge is -2.06. The van der Waals surface area contributed by atoms with Crippen LogP contribution in [0.1, 0.15) is 19.4 Å². The molecule has 1 aromatic carbocycles. The van der Waals surface area contributed by atoms with Crippen molar-refractivity contribution in [3.05, 3.63) is 35.9 Å². The van der Waals surface area contributed by atoms with Gasteiger partial charge in [-0.1, -0.05) is 30.4 Å². The van der Waals surface area contributed by atoms with Gasteiger partial charge in [-0.3, -0.25) is 4.79 Å². The molecule has 1 rings (SSSR count). The molecule has 0 amide bonds. The minimum Gasteiger partial charge on any atom is -0.485 e. The predicted molar refractivity (Wildman–Crippen MR) is 57.3 cm³/mol. The molecule has 74 valence electrons. The minimum atomic E-state index is 0.0280. The normalized spacial score (nSPS) is 10.4. The van der Waals surface area contributed by atoms with Crippen molar-refractivity contribution in [2.75, 3.05) is 6.61 Å². The van der Waals surface area contributed by atoms with E-state index in [0.29, 0.717) is 0 Å². The van der Waals surface area contributed by atoms with Gasteiger partial charge in [0.15, 0.2) is 5.78 Å². The van der Waals surface area contributed by atoms with Crippen LogP contribution >= 0.6 is 0 Å². The van der Waals surface area contributed by atoms with E-state index >= 15 is 0 Å². The summed E-state index contributed by atoms with van der Waals surface area (Å²) >= 11 is 0. The fraction of sp³-hybridized carbons (Fsp3) is 0.250. The Balaban J connectivity index is 2.79. The molecule has 0 aromatic heterocycles. The predicted octanol–water partition coefficient (Wildman–Crippen LogP) is 2.69. The smallest absolute Gasteiger partial charge is 0.167 e. The zero-order valence-electron chi connectivity index (χ0n) is 8.49. The molecule has 14 heavy (non-hydrogen) atoms. The molecule has 0 aliphatic heterocycles. The van der Waals surface area contributed by atoms with Crippen molar-refractivity contribution < 1.29 is 9.53 Å². The van der Waals surface area contributed by atoms with Gasteiger partial charge in [0.05, 0.1) is 0 Å². The van der Waals surface area contributed by atoms with Gasteiger partial charge >= 0.3 is 0 Å². The summed E-state index contributed by atoms with van der Waals surface area (Å²) in [5.41, 5.74) is 0.997. The minimum absolute atomic E-state index is 0.0280. The Bertz CT molecular complexity index is 340. The Morgan fingerprint density at radius 2 is 2.14 bits per heavy atom. The molecule has 0 saturated heterocycles. The van der Waals surface area contributed by atoms with Crippen molar-refractivity contribution in [2.45, 2.75) is 13.8 Å². The fourth-order valence-corrected chi connectivity index (χ4v) is 1.11. The van der Waals surface area contributed by atoms with E-state index < -0.39 is 0 Å². The highest BCUT2D eigenvalue weighted by Gasteiger charge is 2.00. The molecule has 0 heterocycles. The molecule has 1 aromatic rings. The lowest BCUT2D eigenvalue weighted by molar-refractivity contribution is -0.118. The number of ether oxygens (including phenoxy) is 1. The number of Topliss-reactive ketones (excluding diaryl/α,β-unsaturated/α-hetero) is 1. The first kappa shape index (κ1) is 10.5. The maximum Gasteiger partial charge on any atom is 0.167 e. The van der Waals surface area contributed by atoms with Crippen LogP contribution in [-0.2, 0) is 4.79 Å². The van der Waals surface area contributed by atoms with Crippen molar-refractivity contribution in [3.8, 4) is 5.75 Å². The van der Waals surface area contributed by atoms with Crippen LogP contribution in [0.4, 0.5) is 0 Å². The van der Waals surface area contributed by atoms with Crippen LogP contribution in [0, 0.1) is 0 Å². The molecule has 0 saturated carbocycles. The lowest BCUT2D eigenvalue weighted by Crippen LogP contribution is -2.07. The van der Waals surface area contributed by atoms with Crippen LogP contribution in [0.15, 0.2) is 30.3 Å². The van der Waals surface area contributed by atoms with Crippen molar-refractivity contribution in [1.82, 2.24) is 0 Å². The summed E-state index contributed by atoms with van der Waals surface area (Å²) in [7, 11) is 0. The monoisotopic (exact) mass is 190 g/mol. The number of ketones is 1. The molecule has 0 aliphatic rings. The van der Waals surface area contributed by atoms with Gasteiger partial charge in [0.25, 0.3) is 0 Å². The SMILES string of the molecule is C/C=C\c1ccccc1OCC(C)=O. The average molecular weight is 190 g/mol. The molecule has 0 bridgehead atoms. The summed E-state index contributed by atoms with van der Waals surface area (Å²) in [5, 5.41) is 0. The van der Waals surface area contributed by atoms with E-state index in [1.807, 2.05) is 43.3 Å². The van der Waals surface area contributed by atoms with E-state index in [-0.39, 0.29) is 12.4 Å². The van der Waals surface area contributed by atoms with Gasteiger partial charge in [-0.2, -0.15) is 0 Å². The lowest BCUT2D eigenvalue weighted by atomic mass is 10.2. The van der Waals surface area contributed by atoms with Crippen LogP contribution in [0.3, 0.4) is 0 Å². The van der Waals surface area contributed by atoms with E-state index in [4.69, 9.17) is 4.74 Å². The highest BCUT2D eigenvalue weighted by atomic mass is 16.5. The first-order valence-electron chi connectivity index (χ1n) is 4.58. The molecule has 0 fully saturated rings. The molecule has 2 heteroatoms. The Hall–Kier alpha value is -1.57. The third kappa shape index (κ3) is 3.05. The van der Waals surface area contributed by atoms with Crippen molar-refractivity contribution >= 4 is 11.9 Å². The van der Waals surface area contributed by atoms with Crippen LogP contribution in [0.2, 0.25) is 0 Å². The molecule has 0 spiro atoms. The van der Waals surface area contributed by atoms with Gasteiger partial charge in [0.2, 0.25) is 0 Å². The highest BCUT2D eigenvalue weighted by Crippen LogP contribution is 2.19. The number of carbonyl (C=O) groups is 1. The van der Waals surface area contributed by atoms with E-state index in [9.17, 15) is 4.79 Å².